The summed E-state index contributed by atoms with van der Waals surface area (Å²) >= 11 is 0. The number of benzene rings is 1. The highest BCUT2D eigenvalue weighted by Crippen LogP contribution is 2.10. The van der Waals surface area contributed by atoms with Gasteiger partial charge in [-0.1, -0.05) is 12.1 Å². The summed E-state index contributed by atoms with van der Waals surface area (Å²) < 4.78 is 0. The maximum Gasteiger partial charge on any atom is 0.325 e. The van der Waals surface area contributed by atoms with Crippen molar-refractivity contribution < 1.29 is 14.4 Å². The number of hydrogen-bond acceptors (Lipinski definition) is 5. The molecule has 118 valence electrons. The van der Waals surface area contributed by atoms with Crippen LogP contribution in [0.25, 0.3) is 11.0 Å². The number of hydrogen-bond donors (Lipinski definition) is 1. The molecule has 1 aliphatic rings. The Balaban J connectivity index is 1.67. The van der Waals surface area contributed by atoms with E-state index in [1.54, 1.807) is 13.2 Å². The molecule has 0 aliphatic carbocycles. The van der Waals surface area contributed by atoms with Crippen molar-refractivity contribution in [2.24, 2.45) is 0 Å². The standard InChI is InChI=1S/C15H15N5O3/c1-19(14(22)9-20-13(21)7-17-15(20)23)8-10-6-16-11-4-2-3-5-12(11)18-10/h2-6H,7-9H2,1H3,(H,17,23). The molecule has 3 rings (SSSR count). The quantitative estimate of drug-likeness (QED) is 0.810. The molecule has 1 aromatic heterocycles. The van der Waals surface area contributed by atoms with Crippen LogP contribution in [0.5, 0.6) is 0 Å². The van der Waals surface area contributed by atoms with E-state index in [0.717, 1.165) is 15.9 Å². The van der Waals surface area contributed by atoms with Crippen molar-refractivity contribution in [2.45, 2.75) is 6.54 Å². The molecule has 1 aliphatic heterocycles. The first-order chi connectivity index (χ1) is 11.0. The highest BCUT2D eigenvalue weighted by molar-refractivity contribution is 6.04. The number of urea groups is 1. The number of carbonyl (C=O) groups is 3. The molecule has 2 aromatic rings. The zero-order chi connectivity index (χ0) is 16.4. The summed E-state index contributed by atoms with van der Waals surface area (Å²) in [6.07, 6.45) is 1.61. The molecule has 1 saturated heterocycles. The number of fused-ring (bicyclic) bond motifs is 1. The molecule has 0 bridgehead atoms. The summed E-state index contributed by atoms with van der Waals surface area (Å²) in [6, 6.07) is 6.92. The molecule has 2 heterocycles. The Labute approximate surface area is 132 Å². The summed E-state index contributed by atoms with van der Waals surface area (Å²) in [4.78, 5) is 46.2. The molecule has 1 aromatic carbocycles. The minimum Gasteiger partial charge on any atom is -0.338 e. The molecule has 4 amide bonds. The van der Waals surface area contributed by atoms with Crippen LogP contribution >= 0.6 is 0 Å². The smallest absolute Gasteiger partial charge is 0.325 e. The van der Waals surface area contributed by atoms with Crippen molar-refractivity contribution in [3.63, 3.8) is 0 Å². The van der Waals surface area contributed by atoms with Gasteiger partial charge in [-0.25, -0.2) is 9.78 Å². The van der Waals surface area contributed by atoms with Gasteiger partial charge in [0.2, 0.25) is 5.91 Å². The van der Waals surface area contributed by atoms with Crippen LogP contribution < -0.4 is 5.32 Å². The minimum atomic E-state index is -0.540. The van der Waals surface area contributed by atoms with Gasteiger partial charge in [-0.15, -0.1) is 0 Å². The Morgan fingerprint density at radius 3 is 2.74 bits per heavy atom. The van der Waals surface area contributed by atoms with Crippen molar-refractivity contribution >= 4 is 28.9 Å². The van der Waals surface area contributed by atoms with Gasteiger partial charge in [-0.2, -0.15) is 0 Å². The summed E-state index contributed by atoms with van der Waals surface area (Å²) in [5.41, 5.74) is 2.17. The maximum atomic E-state index is 12.2. The Bertz CT molecular complexity index is 776. The number of likely N-dealkylation sites (N-methyl/N-ethyl adjacent to an activating group) is 1. The molecule has 0 unspecified atom stereocenters. The summed E-state index contributed by atoms with van der Waals surface area (Å²) in [7, 11) is 1.59. The second-order valence-electron chi connectivity index (χ2n) is 5.24. The predicted molar refractivity (Wildman–Crippen MR) is 81.1 cm³/mol. The third-order valence-electron chi connectivity index (χ3n) is 3.55. The van der Waals surface area contributed by atoms with Crippen molar-refractivity contribution in [1.29, 1.82) is 0 Å². The Morgan fingerprint density at radius 2 is 2.04 bits per heavy atom. The second-order valence-corrected chi connectivity index (χ2v) is 5.24. The van der Waals surface area contributed by atoms with E-state index in [1.165, 1.54) is 4.90 Å². The molecular weight excluding hydrogens is 298 g/mol. The van der Waals surface area contributed by atoms with Crippen LogP contribution in [0.2, 0.25) is 0 Å². The number of aromatic nitrogens is 2. The predicted octanol–water partition coefficient (Wildman–Crippen LogP) is 0.140. The van der Waals surface area contributed by atoms with Gasteiger partial charge in [0.25, 0.3) is 5.91 Å². The monoisotopic (exact) mass is 313 g/mol. The molecule has 23 heavy (non-hydrogen) atoms. The van der Waals surface area contributed by atoms with E-state index in [9.17, 15) is 14.4 Å². The topological polar surface area (TPSA) is 95.5 Å². The minimum absolute atomic E-state index is 0.0635. The van der Waals surface area contributed by atoms with Crippen LogP contribution in [0.3, 0.4) is 0 Å². The largest absolute Gasteiger partial charge is 0.338 e. The lowest BCUT2D eigenvalue weighted by atomic mass is 10.3. The third-order valence-corrected chi connectivity index (χ3v) is 3.55. The van der Waals surface area contributed by atoms with E-state index in [1.807, 2.05) is 24.3 Å². The average molecular weight is 313 g/mol. The number of carbonyl (C=O) groups excluding carboxylic acids is 3. The SMILES string of the molecule is CN(Cc1cnc2ccccc2n1)C(=O)CN1C(=O)CNC1=O. The Kier molecular flexibility index (Phi) is 3.88. The summed E-state index contributed by atoms with van der Waals surface area (Å²) in [5, 5.41) is 2.38. The Morgan fingerprint density at radius 1 is 1.30 bits per heavy atom. The number of para-hydroxylation sites is 2. The van der Waals surface area contributed by atoms with Gasteiger partial charge >= 0.3 is 6.03 Å². The van der Waals surface area contributed by atoms with E-state index in [2.05, 4.69) is 15.3 Å². The van der Waals surface area contributed by atoms with Crippen molar-refractivity contribution in [1.82, 2.24) is 25.1 Å². The van der Waals surface area contributed by atoms with Gasteiger partial charge in [0.1, 0.15) is 6.54 Å². The van der Waals surface area contributed by atoms with Crippen LogP contribution in [0.4, 0.5) is 4.79 Å². The second kappa shape index (κ2) is 5.99. The lowest BCUT2D eigenvalue weighted by Crippen LogP contribution is -2.41. The first-order valence-corrected chi connectivity index (χ1v) is 7.07. The fourth-order valence-electron chi connectivity index (χ4n) is 2.27. The Hall–Kier alpha value is -3.03. The number of nitrogens with one attached hydrogen (secondary N) is 1. The van der Waals surface area contributed by atoms with Crippen molar-refractivity contribution in [2.75, 3.05) is 20.1 Å². The molecule has 8 nitrogen and oxygen atoms in total. The van der Waals surface area contributed by atoms with Crippen LogP contribution in [-0.4, -0.2) is 57.8 Å². The molecule has 0 spiro atoms. The fourth-order valence-corrected chi connectivity index (χ4v) is 2.27. The number of nitrogens with zero attached hydrogens (tertiary/aromatic N) is 4. The lowest BCUT2D eigenvalue weighted by molar-refractivity contribution is -0.135. The molecular formula is C15H15N5O3. The number of amides is 4. The number of rotatable bonds is 4. The molecule has 0 saturated carbocycles. The van der Waals surface area contributed by atoms with Crippen LogP contribution in [-0.2, 0) is 16.1 Å². The van der Waals surface area contributed by atoms with Crippen molar-refractivity contribution in [3.05, 3.63) is 36.2 Å². The van der Waals surface area contributed by atoms with Crippen molar-refractivity contribution in [3.8, 4) is 0 Å². The molecule has 1 N–H and O–H groups in total. The summed E-state index contributed by atoms with van der Waals surface area (Å²) in [5.74, 6) is -0.743. The highest BCUT2D eigenvalue weighted by atomic mass is 16.2. The third kappa shape index (κ3) is 3.10. The first kappa shape index (κ1) is 14.9. The van der Waals surface area contributed by atoms with Gasteiger partial charge in [-0.3, -0.25) is 19.5 Å². The van der Waals surface area contributed by atoms with Gasteiger partial charge in [0, 0.05) is 7.05 Å². The van der Waals surface area contributed by atoms with Gasteiger partial charge in [0.05, 0.1) is 36.0 Å². The van der Waals surface area contributed by atoms with Gasteiger partial charge in [0.15, 0.2) is 0 Å². The summed E-state index contributed by atoms with van der Waals surface area (Å²) in [6.45, 7) is -0.0888. The van der Waals surface area contributed by atoms with Gasteiger partial charge < -0.3 is 10.2 Å². The fraction of sp³-hybridized carbons (Fsp3) is 0.267. The van der Waals surface area contributed by atoms with Crippen LogP contribution in [0.15, 0.2) is 30.5 Å². The normalized spacial score (nSPS) is 14.2. The zero-order valence-corrected chi connectivity index (χ0v) is 12.5. The lowest BCUT2D eigenvalue weighted by Gasteiger charge is -2.19. The highest BCUT2D eigenvalue weighted by Gasteiger charge is 2.31. The molecule has 8 heteroatoms. The van der Waals surface area contributed by atoms with E-state index in [4.69, 9.17) is 0 Å². The van der Waals surface area contributed by atoms with E-state index in [0.29, 0.717) is 5.69 Å². The van der Waals surface area contributed by atoms with Crippen LogP contribution in [0.1, 0.15) is 5.69 Å². The molecule has 0 radical (unpaired) electrons. The molecule has 1 fully saturated rings. The zero-order valence-electron chi connectivity index (χ0n) is 12.5. The van der Waals surface area contributed by atoms with E-state index in [-0.39, 0.29) is 25.5 Å². The van der Waals surface area contributed by atoms with E-state index < -0.39 is 11.9 Å². The first-order valence-electron chi connectivity index (χ1n) is 7.07. The van der Waals surface area contributed by atoms with E-state index >= 15 is 0 Å². The van der Waals surface area contributed by atoms with Crippen LogP contribution in [0, 0.1) is 0 Å². The van der Waals surface area contributed by atoms with Gasteiger partial charge in [-0.05, 0) is 12.1 Å². The average Bonchev–Trinajstić information content (AvgIpc) is 2.86. The number of imide groups is 1. The maximum absolute atomic E-state index is 12.2. The molecule has 0 atom stereocenters.